The van der Waals surface area contributed by atoms with Gasteiger partial charge in [-0.2, -0.15) is 4.39 Å². The van der Waals surface area contributed by atoms with Crippen LogP contribution in [0, 0.1) is 5.95 Å². The number of para-hydroxylation sites is 2. The van der Waals surface area contributed by atoms with Crippen molar-refractivity contribution in [1.82, 2.24) is 4.98 Å². The summed E-state index contributed by atoms with van der Waals surface area (Å²) in [5.74, 6) is -0.610. The number of hydrogen-bond acceptors (Lipinski definition) is 3. The summed E-state index contributed by atoms with van der Waals surface area (Å²) in [6.45, 7) is 3.79. The summed E-state index contributed by atoms with van der Waals surface area (Å²) >= 11 is 0. The minimum Gasteiger partial charge on any atom is -0.489 e. The number of pyridine rings is 1. The first-order chi connectivity index (χ1) is 9.56. The summed E-state index contributed by atoms with van der Waals surface area (Å²) in [7, 11) is 0. The van der Waals surface area contributed by atoms with Crippen molar-refractivity contribution in [3.8, 4) is 5.75 Å². The van der Waals surface area contributed by atoms with Gasteiger partial charge < -0.3 is 10.1 Å². The fourth-order valence-electron chi connectivity index (χ4n) is 1.65. The maximum Gasteiger partial charge on any atom is 0.274 e. The highest BCUT2D eigenvalue weighted by molar-refractivity contribution is 6.03. The van der Waals surface area contributed by atoms with Crippen LogP contribution in [-0.4, -0.2) is 17.0 Å². The van der Waals surface area contributed by atoms with Crippen molar-refractivity contribution < 1.29 is 13.9 Å². The molecule has 2 rings (SSSR count). The van der Waals surface area contributed by atoms with Gasteiger partial charge in [-0.05, 0) is 38.1 Å². The molecule has 0 spiro atoms. The molecule has 0 fully saturated rings. The van der Waals surface area contributed by atoms with Crippen molar-refractivity contribution in [2.24, 2.45) is 0 Å². The normalized spacial score (nSPS) is 10.4. The van der Waals surface area contributed by atoms with Gasteiger partial charge >= 0.3 is 0 Å². The average molecular weight is 274 g/mol. The van der Waals surface area contributed by atoms with Crippen LogP contribution in [0.1, 0.15) is 24.3 Å². The third-order valence-electron chi connectivity index (χ3n) is 2.45. The van der Waals surface area contributed by atoms with Crippen LogP contribution in [0.25, 0.3) is 0 Å². The number of benzene rings is 1. The summed E-state index contributed by atoms with van der Waals surface area (Å²) in [4.78, 5) is 15.5. The van der Waals surface area contributed by atoms with Crippen LogP contribution in [0.3, 0.4) is 0 Å². The average Bonchev–Trinajstić information content (AvgIpc) is 2.40. The van der Waals surface area contributed by atoms with Crippen molar-refractivity contribution >= 4 is 11.6 Å². The molecule has 0 bridgehead atoms. The van der Waals surface area contributed by atoms with E-state index in [4.69, 9.17) is 4.74 Å². The van der Waals surface area contributed by atoms with Crippen LogP contribution in [0.2, 0.25) is 0 Å². The lowest BCUT2D eigenvalue weighted by Gasteiger charge is -2.14. The molecule has 0 aliphatic heterocycles. The number of hydrogen-bond donors (Lipinski definition) is 1. The third kappa shape index (κ3) is 3.54. The summed E-state index contributed by atoms with van der Waals surface area (Å²) < 4.78 is 18.6. The SMILES string of the molecule is CC(C)Oc1ccccc1NC(=O)c1cccc(F)n1. The fourth-order valence-corrected chi connectivity index (χ4v) is 1.65. The van der Waals surface area contributed by atoms with Gasteiger partial charge in [0, 0.05) is 0 Å². The molecule has 1 aromatic heterocycles. The second-order valence-corrected chi connectivity index (χ2v) is 4.46. The lowest BCUT2D eigenvalue weighted by molar-refractivity contribution is 0.102. The highest BCUT2D eigenvalue weighted by Gasteiger charge is 2.12. The molecule has 5 heteroatoms. The Kier molecular flexibility index (Phi) is 4.30. The number of carbonyl (C=O) groups is 1. The predicted octanol–water partition coefficient (Wildman–Crippen LogP) is 3.26. The molecule has 20 heavy (non-hydrogen) atoms. The predicted molar refractivity (Wildman–Crippen MR) is 74.4 cm³/mol. The molecule has 4 nitrogen and oxygen atoms in total. The molecule has 0 saturated carbocycles. The second-order valence-electron chi connectivity index (χ2n) is 4.46. The Morgan fingerprint density at radius 3 is 2.65 bits per heavy atom. The van der Waals surface area contributed by atoms with Crippen molar-refractivity contribution in [1.29, 1.82) is 0 Å². The highest BCUT2D eigenvalue weighted by Crippen LogP contribution is 2.25. The largest absolute Gasteiger partial charge is 0.489 e. The van der Waals surface area contributed by atoms with E-state index in [1.165, 1.54) is 18.2 Å². The quantitative estimate of drug-likeness (QED) is 0.871. The lowest BCUT2D eigenvalue weighted by Crippen LogP contribution is -2.16. The summed E-state index contributed by atoms with van der Waals surface area (Å²) in [6.07, 6.45) is -0.0136. The number of nitrogens with one attached hydrogen (secondary N) is 1. The highest BCUT2D eigenvalue weighted by atomic mass is 19.1. The van der Waals surface area contributed by atoms with Gasteiger partial charge in [-0.25, -0.2) is 4.98 Å². The van der Waals surface area contributed by atoms with Crippen molar-refractivity contribution in [3.63, 3.8) is 0 Å². The molecule has 0 aliphatic rings. The number of halogens is 1. The Morgan fingerprint density at radius 1 is 1.20 bits per heavy atom. The number of aromatic nitrogens is 1. The molecule has 0 saturated heterocycles. The van der Waals surface area contributed by atoms with Crippen LogP contribution >= 0.6 is 0 Å². The maximum atomic E-state index is 13.0. The summed E-state index contributed by atoms with van der Waals surface area (Å²) in [6, 6.07) is 11.1. The minimum atomic E-state index is -0.690. The van der Waals surface area contributed by atoms with Gasteiger partial charge in [0.25, 0.3) is 5.91 Å². The molecule has 0 unspecified atom stereocenters. The molecule has 1 N–H and O–H groups in total. The van der Waals surface area contributed by atoms with Crippen LogP contribution < -0.4 is 10.1 Å². The Labute approximate surface area is 116 Å². The van der Waals surface area contributed by atoms with E-state index in [0.29, 0.717) is 11.4 Å². The van der Waals surface area contributed by atoms with Crippen LogP contribution in [0.5, 0.6) is 5.75 Å². The van der Waals surface area contributed by atoms with E-state index in [2.05, 4.69) is 10.3 Å². The Balaban J connectivity index is 2.19. The number of ether oxygens (including phenoxy) is 1. The zero-order chi connectivity index (χ0) is 14.5. The molecular formula is C15H15FN2O2. The van der Waals surface area contributed by atoms with E-state index in [9.17, 15) is 9.18 Å². The molecule has 0 aliphatic carbocycles. The number of nitrogens with zero attached hydrogens (tertiary/aromatic N) is 1. The molecule has 1 heterocycles. The van der Waals surface area contributed by atoms with Crippen LogP contribution in [0.4, 0.5) is 10.1 Å². The van der Waals surface area contributed by atoms with E-state index < -0.39 is 11.9 Å². The third-order valence-corrected chi connectivity index (χ3v) is 2.45. The molecule has 1 amide bonds. The zero-order valence-corrected chi connectivity index (χ0v) is 11.3. The Morgan fingerprint density at radius 2 is 1.95 bits per heavy atom. The molecule has 2 aromatic rings. The minimum absolute atomic E-state index is 0.0136. The molecule has 1 aromatic carbocycles. The summed E-state index contributed by atoms with van der Waals surface area (Å²) in [5, 5.41) is 2.67. The lowest BCUT2D eigenvalue weighted by atomic mass is 10.2. The number of amides is 1. The van der Waals surface area contributed by atoms with Gasteiger partial charge in [-0.1, -0.05) is 18.2 Å². The van der Waals surface area contributed by atoms with Gasteiger partial charge in [-0.3, -0.25) is 4.79 Å². The van der Waals surface area contributed by atoms with E-state index >= 15 is 0 Å². The van der Waals surface area contributed by atoms with Gasteiger partial charge in [0.05, 0.1) is 11.8 Å². The van der Waals surface area contributed by atoms with E-state index in [-0.39, 0.29) is 11.8 Å². The van der Waals surface area contributed by atoms with Crippen molar-refractivity contribution in [3.05, 3.63) is 54.1 Å². The van der Waals surface area contributed by atoms with E-state index in [0.717, 1.165) is 0 Å². The number of rotatable bonds is 4. The smallest absolute Gasteiger partial charge is 0.274 e. The second kappa shape index (κ2) is 6.14. The number of carbonyl (C=O) groups excluding carboxylic acids is 1. The summed E-state index contributed by atoms with van der Waals surface area (Å²) in [5.41, 5.74) is 0.543. The van der Waals surface area contributed by atoms with Crippen LogP contribution in [-0.2, 0) is 0 Å². The van der Waals surface area contributed by atoms with Gasteiger partial charge in [-0.15, -0.1) is 0 Å². The standard InChI is InChI=1S/C15H15FN2O2/c1-10(2)20-13-8-4-3-6-11(13)18-15(19)12-7-5-9-14(16)17-12/h3-10H,1-2H3,(H,18,19). The Hall–Kier alpha value is -2.43. The number of anilines is 1. The first kappa shape index (κ1) is 14.0. The van der Waals surface area contributed by atoms with Gasteiger partial charge in [0.2, 0.25) is 5.95 Å². The van der Waals surface area contributed by atoms with Gasteiger partial charge in [0.1, 0.15) is 11.4 Å². The first-order valence-corrected chi connectivity index (χ1v) is 6.26. The molecular weight excluding hydrogens is 259 g/mol. The molecule has 0 atom stereocenters. The fraction of sp³-hybridized carbons (Fsp3) is 0.200. The zero-order valence-electron chi connectivity index (χ0n) is 11.3. The Bertz CT molecular complexity index is 614. The van der Waals surface area contributed by atoms with Crippen molar-refractivity contribution in [2.45, 2.75) is 20.0 Å². The van der Waals surface area contributed by atoms with Crippen molar-refractivity contribution in [2.75, 3.05) is 5.32 Å². The van der Waals surface area contributed by atoms with Gasteiger partial charge in [0.15, 0.2) is 0 Å². The maximum absolute atomic E-state index is 13.0. The van der Waals surface area contributed by atoms with E-state index in [1.807, 2.05) is 19.9 Å². The monoisotopic (exact) mass is 274 g/mol. The topological polar surface area (TPSA) is 51.2 Å². The molecule has 104 valence electrons. The van der Waals surface area contributed by atoms with Crippen LogP contribution in [0.15, 0.2) is 42.5 Å². The molecule has 0 radical (unpaired) electrons. The van der Waals surface area contributed by atoms with E-state index in [1.54, 1.807) is 18.2 Å². The first-order valence-electron chi connectivity index (χ1n) is 6.26.